The van der Waals surface area contributed by atoms with Crippen LogP contribution in [0.1, 0.15) is 44.2 Å². The molecule has 0 fully saturated rings. The molecule has 1 atom stereocenters. The maximum Gasteiger partial charge on any atom is 0.165 e. The Labute approximate surface area is 123 Å². The molecule has 0 aliphatic carbocycles. The van der Waals surface area contributed by atoms with Gasteiger partial charge in [-0.2, -0.15) is 5.10 Å². The van der Waals surface area contributed by atoms with Crippen molar-refractivity contribution in [3.05, 3.63) is 40.9 Å². The molecule has 0 radical (unpaired) electrons. The van der Waals surface area contributed by atoms with Crippen LogP contribution >= 0.6 is 11.6 Å². The number of hydrogen-bond donors (Lipinski definition) is 1. The van der Waals surface area contributed by atoms with Crippen molar-refractivity contribution >= 4 is 11.6 Å². The van der Waals surface area contributed by atoms with Gasteiger partial charge in [-0.25, -0.2) is 9.67 Å². The van der Waals surface area contributed by atoms with Crippen LogP contribution < -0.4 is 10.5 Å². The molecule has 1 aromatic heterocycles. The Balaban J connectivity index is 2.17. The van der Waals surface area contributed by atoms with Gasteiger partial charge < -0.3 is 10.5 Å². The molecule has 0 saturated heterocycles. The van der Waals surface area contributed by atoms with E-state index in [0.29, 0.717) is 11.6 Å². The summed E-state index contributed by atoms with van der Waals surface area (Å²) in [7, 11) is 0. The van der Waals surface area contributed by atoms with Crippen LogP contribution in [-0.2, 0) is 6.61 Å². The van der Waals surface area contributed by atoms with Crippen LogP contribution in [0.3, 0.4) is 0 Å². The molecule has 108 valence electrons. The van der Waals surface area contributed by atoms with Crippen molar-refractivity contribution in [2.45, 2.75) is 39.5 Å². The first-order chi connectivity index (χ1) is 9.49. The molecule has 0 bridgehead atoms. The van der Waals surface area contributed by atoms with E-state index in [1.165, 1.54) is 6.33 Å². The van der Waals surface area contributed by atoms with Crippen LogP contribution in [-0.4, -0.2) is 14.8 Å². The third kappa shape index (κ3) is 3.29. The summed E-state index contributed by atoms with van der Waals surface area (Å²) in [6.45, 7) is 6.34. The monoisotopic (exact) mass is 294 g/mol. The average molecular weight is 295 g/mol. The van der Waals surface area contributed by atoms with E-state index in [1.54, 1.807) is 6.07 Å². The van der Waals surface area contributed by atoms with Crippen LogP contribution in [0.25, 0.3) is 0 Å². The Morgan fingerprint density at radius 3 is 2.75 bits per heavy atom. The van der Waals surface area contributed by atoms with Crippen LogP contribution in [0, 0.1) is 0 Å². The Kier molecular flexibility index (Phi) is 4.62. The first-order valence-corrected chi connectivity index (χ1v) is 6.93. The van der Waals surface area contributed by atoms with Gasteiger partial charge in [-0.3, -0.25) is 0 Å². The van der Waals surface area contributed by atoms with E-state index in [0.717, 1.165) is 17.1 Å². The van der Waals surface area contributed by atoms with Crippen LogP contribution in [0.2, 0.25) is 5.02 Å². The zero-order valence-electron chi connectivity index (χ0n) is 11.9. The molecule has 1 aromatic carbocycles. The summed E-state index contributed by atoms with van der Waals surface area (Å²) in [5.74, 6) is 1.51. The SMILES string of the molecule is CC(C)n1ncnc1COc1ccc(Cl)cc1[C@@H](C)N. The van der Waals surface area contributed by atoms with Crippen LogP contribution in [0.15, 0.2) is 24.5 Å². The van der Waals surface area contributed by atoms with Crippen molar-refractivity contribution < 1.29 is 4.74 Å². The summed E-state index contributed by atoms with van der Waals surface area (Å²) in [5.41, 5.74) is 6.82. The molecule has 2 N–H and O–H groups in total. The van der Waals surface area contributed by atoms with E-state index in [4.69, 9.17) is 22.1 Å². The van der Waals surface area contributed by atoms with Gasteiger partial charge in [0.05, 0.1) is 0 Å². The maximum atomic E-state index is 5.99. The summed E-state index contributed by atoms with van der Waals surface area (Å²) in [5, 5.41) is 4.83. The van der Waals surface area contributed by atoms with Crippen LogP contribution in [0.4, 0.5) is 0 Å². The fourth-order valence-corrected chi connectivity index (χ4v) is 2.14. The van der Waals surface area contributed by atoms with Gasteiger partial charge in [0.25, 0.3) is 0 Å². The minimum atomic E-state index is -0.147. The van der Waals surface area contributed by atoms with Gasteiger partial charge in [0.2, 0.25) is 0 Å². The lowest BCUT2D eigenvalue weighted by molar-refractivity contribution is 0.278. The van der Waals surface area contributed by atoms with E-state index in [2.05, 4.69) is 10.1 Å². The van der Waals surface area contributed by atoms with Gasteiger partial charge in [-0.15, -0.1) is 0 Å². The quantitative estimate of drug-likeness (QED) is 0.920. The average Bonchev–Trinajstić information content (AvgIpc) is 2.85. The molecular weight excluding hydrogens is 276 g/mol. The standard InChI is InChI=1S/C14H19ClN4O/c1-9(2)19-14(17-8-18-19)7-20-13-5-4-11(15)6-12(13)10(3)16/h4-6,8-10H,7,16H2,1-3H3/t10-/m1/s1. The molecule has 20 heavy (non-hydrogen) atoms. The van der Waals surface area contributed by atoms with Crippen molar-refractivity contribution in [2.24, 2.45) is 5.73 Å². The molecule has 0 amide bonds. The van der Waals surface area contributed by atoms with Crippen molar-refractivity contribution in [1.82, 2.24) is 14.8 Å². The van der Waals surface area contributed by atoms with E-state index in [-0.39, 0.29) is 12.1 Å². The third-order valence-electron chi connectivity index (χ3n) is 2.96. The number of hydrogen-bond acceptors (Lipinski definition) is 4. The predicted molar refractivity (Wildman–Crippen MR) is 78.8 cm³/mol. The first kappa shape index (κ1) is 14.8. The topological polar surface area (TPSA) is 66.0 Å². The number of nitrogens with zero attached hydrogens (tertiary/aromatic N) is 3. The number of ether oxygens (including phenoxy) is 1. The minimum absolute atomic E-state index is 0.147. The fourth-order valence-electron chi connectivity index (χ4n) is 1.96. The van der Waals surface area contributed by atoms with Crippen molar-refractivity contribution in [3.63, 3.8) is 0 Å². The Morgan fingerprint density at radius 1 is 1.35 bits per heavy atom. The molecule has 2 aromatic rings. The number of aromatic nitrogens is 3. The Morgan fingerprint density at radius 2 is 2.10 bits per heavy atom. The second-order valence-electron chi connectivity index (χ2n) is 4.97. The Bertz CT molecular complexity index is 580. The van der Waals surface area contributed by atoms with Gasteiger partial charge in [-0.05, 0) is 39.0 Å². The van der Waals surface area contributed by atoms with Crippen molar-refractivity contribution in [1.29, 1.82) is 0 Å². The number of benzene rings is 1. The fraction of sp³-hybridized carbons (Fsp3) is 0.429. The maximum absolute atomic E-state index is 5.99. The molecule has 0 aliphatic heterocycles. The van der Waals surface area contributed by atoms with Gasteiger partial charge >= 0.3 is 0 Å². The normalized spacial score (nSPS) is 12.7. The molecule has 6 heteroatoms. The minimum Gasteiger partial charge on any atom is -0.485 e. The highest BCUT2D eigenvalue weighted by Crippen LogP contribution is 2.27. The molecule has 2 rings (SSSR count). The summed E-state index contributed by atoms with van der Waals surface area (Å²) in [6, 6.07) is 5.54. The van der Waals surface area contributed by atoms with Gasteiger partial charge in [0, 0.05) is 22.7 Å². The lowest BCUT2D eigenvalue weighted by Crippen LogP contribution is -2.12. The Hall–Kier alpha value is -1.59. The van der Waals surface area contributed by atoms with Crippen LogP contribution in [0.5, 0.6) is 5.75 Å². The van der Waals surface area contributed by atoms with E-state index >= 15 is 0 Å². The largest absolute Gasteiger partial charge is 0.485 e. The molecule has 1 heterocycles. The van der Waals surface area contributed by atoms with Gasteiger partial charge in [0.15, 0.2) is 5.82 Å². The summed E-state index contributed by atoms with van der Waals surface area (Å²) in [4.78, 5) is 4.21. The second kappa shape index (κ2) is 6.24. The molecule has 0 aliphatic rings. The van der Waals surface area contributed by atoms with Crippen molar-refractivity contribution in [2.75, 3.05) is 0 Å². The van der Waals surface area contributed by atoms with E-state index in [9.17, 15) is 0 Å². The number of halogens is 1. The zero-order valence-corrected chi connectivity index (χ0v) is 12.6. The highest BCUT2D eigenvalue weighted by molar-refractivity contribution is 6.30. The highest BCUT2D eigenvalue weighted by atomic mass is 35.5. The molecule has 0 unspecified atom stereocenters. The summed E-state index contributed by atoms with van der Waals surface area (Å²) in [6.07, 6.45) is 1.53. The highest BCUT2D eigenvalue weighted by Gasteiger charge is 2.12. The second-order valence-corrected chi connectivity index (χ2v) is 5.41. The third-order valence-corrected chi connectivity index (χ3v) is 3.19. The lowest BCUT2D eigenvalue weighted by atomic mass is 10.1. The zero-order chi connectivity index (χ0) is 14.7. The first-order valence-electron chi connectivity index (χ1n) is 6.55. The molecular formula is C14H19ClN4O. The summed E-state index contributed by atoms with van der Waals surface area (Å²) < 4.78 is 7.66. The molecule has 5 nitrogen and oxygen atoms in total. The summed E-state index contributed by atoms with van der Waals surface area (Å²) >= 11 is 5.99. The molecule has 0 spiro atoms. The van der Waals surface area contributed by atoms with E-state index < -0.39 is 0 Å². The smallest absolute Gasteiger partial charge is 0.165 e. The number of rotatable bonds is 5. The van der Waals surface area contributed by atoms with Gasteiger partial charge in [0.1, 0.15) is 18.7 Å². The molecule has 0 saturated carbocycles. The van der Waals surface area contributed by atoms with Gasteiger partial charge in [-0.1, -0.05) is 11.6 Å². The number of nitrogens with two attached hydrogens (primary N) is 1. The van der Waals surface area contributed by atoms with Crippen molar-refractivity contribution in [3.8, 4) is 5.75 Å². The van der Waals surface area contributed by atoms with E-state index in [1.807, 2.05) is 37.6 Å². The lowest BCUT2D eigenvalue weighted by Gasteiger charge is -2.15. The predicted octanol–water partition coefficient (Wildman–Crippen LogP) is 3.11.